The molecular formula is C23H30BrN3O2. The summed E-state index contributed by atoms with van der Waals surface area (Å²) < 4.78 is 1.03. The summed E-state index contributed by atoms with van der Waals surface area (Å²) in [5, 5.41) is 20.9. The molecule has 0 radical (unpaired) electrons. The van der Waals surface area contributed by atoms with Crippen molar-refractivity contribution in [2.75, 3.05) is 11.9 Å². The smallest absolute Gasteiger partial charge is 0.217 e. The van der Waals surface area contributed by atoms with Crippen LogP contribution in [-0.2, 0) is 11.2 Å². The molecule has 0 aliphatic carbocycles. The van der Waals surface area contributed by atoms with Gasteiger partial charge in [0.25, 0.3) is 0 Å². The molecule has 0 spiro atoms. The Morgan fingerprint density at radius 3 is 2.69 bits per heavy atom. The standard InChI is InChI=1S/C23H30BrN3O2/c1-15(28)26-20(11-16-7-5-4-6-8-16)22(29)14-25-21-13-23(2,3)27-19-10-9-17(24)12-18(19)21/h4-10,12,20-22,25,27,29H,11,13-14H2,1-3H3,(H,26,28)/t20-,21+,22-/m0/s1. The molecule has 0 saturated carbocycles. The van der Waals surface area contributed by atoms with Gasteiger partial charge in [-0.15, -0.1) is 0 Å². The molecule has 156 valence electrons. The molecule has 0 bridgehead atoms. The van der Waals surface area contributed by atoms with Crippen molar-refractivity contribution in [1.29, 1.82) is 0 Å². The first-order valence-electron chi connectivity index (χ1n) is 10.0. The Kier molecular flexibility index (Phi) is 6.98. The summed E-state index contributed by atoms with van der Waals surface area (Å²) in [5.74, 6) is -0.137. The SMILES string of the molecule is CC(=O)N[C@@H](Cc1ccccc1)[C@@H](O)CN[C@@H]1CC(C)(C)Nc2ccc(Br)cc21. The molecule has 5 nitrogen and oxygen atoms in total. The number of carbonyl (C=O) groups excluding carboxylic acids is 1. The minimum Gasteiger partial charge on any atom is -0.390 e. The second-order valence-corrected chi connectivity index (χ2v) is 9.39. The summed E-state index contributed by atoms with van der Waals surface area (Å²) in [6.45, 7) is 6.24. The van der Waals surface area contributed by atoms with E-state index in [2.05, 4.69) is 57.9 Å². The first-order valence-corrected chi connectivity index (χ1v) is 10.8. The van der Waals surface area contributed by atoms with E-state index >= 15 is 0 Å². The van der Waals surface area contributed by atoms with Gasteiger partial charge in [-0.2, -0.15) is 0 Å². The first kappa shape index (κ1) is 21.8. The molecule has 2 aromatic carbocycles. The molecule has 1 aliphatic heterocycles. The zero-order valence-corrected chi connectivity index (χ0v) is 18.8. The number of aliphatic hydroxyl groups excluding tert-OH is 1. The van der Waals surface area contributed by atoms with Crippen LogP contribution >= 0.6 is 15.9 Å². The highest BCUT2D eigenvalue weighted by molar-refractivity contribution is 9.10. The maximum atomic E-state index is 11.7. The van der Waals surface area contributed by atoms with Gasteiger partial charge in [0.2, 0.25) is 5.91 Å². The fraction of sp³-hybridized carbons (Fsp3) is 0.435. The molecule has 3 rings (SSSR count). The van der Waals surface area contributed by atoms with Crippen molar-refractivity contribution in [3.63, 3.8) is 0 Å². The number of amides is 1. The van der Waals surface area contributed by atoms with Crippen LogP contribution in [0.15, 0.2) is 53.0 Å². The van der Waals surface area contributed by atoms with E-state index in [9.17, 15) is 9.90 Å². The Hall–Kier alpha value is -1.89. The molecule has 1 heterocycles. The maximum Gasteiger partial charge on any atom is 0.217 e. The molecule has 0 unspecified atom stereocenters. The lowest BCUT2D eigenvalue weighted by molar-refractivity contribution is -0.120. The molecule has 2 aromatic rings. The van der Waals surface area contributed by atoms with Gasteiger partial charge in [0.15, 0.2) is 0 Å². The predicted molar refractivity (Wildman–Crippen MR) is 121 cm³/mol. The zero-order valence-electron chi connectivity index (χ0n) is 17.2. The molecule has 29 heavy (non-hydrogen) atoms. The normalized spacial score (nSPS) is 19.6. The van der Waals surface area contributed by atoms with Gasteiger partial charge in [0.1, 0.15) is 0 Å². The lowest BCUT2D eigenvalue weighted by atomic mass is 9.85. The van der Waals surface area contributed by atoms with E-state index in [0.29, 0.717) is 13.0 Å². The topological polar surface area (TPSA) is 73.4 Å². The van der Waals surface area contributed by atoms with Crippen LogP contribution in [0, 0.1) is 0 Å². The number of aliphatic hydroxyl groups is 1. The molecular weight excluding hydrogens is 430 g/mol. The number of benzene rings is 2. The predicted octanol–water partition coefficient (Wildman–Crippen LogP) is 3.78. The Morgan fingerprint density at radius 1 is 1.28 bits per heavy atom. The van der Waals surface area contributed by atoms with Crippen LogP contribution in [0.25, 0.3) is 0 Å². The highest BCUT2D eigenvalue weighted by Crippen LogP contribution is 2.38. The Balaban J connectivity index is 1.71. The fourth-order valence-corrected chi connectivity index (χ4v) is 4.35. The van der Waals surface area contributed by atoms with Crippen molar-refractivity contribution in [3.05, 3.63) is 64.1 Å². The van der Waals surface area contributed by atoms with Crippen molar-refractivity contribution in [3.8, 4) is 0 Å². The molecule has 6 heteroatoms. The summed E-state index contributed by atoms with van der Waals surface area (Å²) >= 11 is 3.56. The first-order chi connectivity index (χ1) is 13.7. The van der Waals surface area contributed by atoms with Crippen LogP contribution in [0.3, 0.4) is 0 Å². The minimum atomic E-state index is -0.701. The zero-order chi connectivity index (χ0) is 21.0. The summed E-state index contributed by atoms with van der Waals surface area (Å²) in [7, 11) is 0. The Morgan fingerprint density at radius 2 is 2.00 bits per heavy atom. The van der Waals surface area contributed by atoms with Crippen LogP contribution in [0.1, 0.15) is 44.4 Å². The highest BCUT2D eigenvalue weighted by atomic mass is 79.9. The molecule has 0 aromatic heterocycles. The minimum absolute atomic E-state index is 0.0511. The molecule has 3 atom stereocenters. The van der Waals surface area contributed by atoms with Gasteiger partial charge in [-0.25, -0.2) is 0 Å². The average Bonchev–Trinajstić information content (AvgIpc) is 2.65. The van der Waals surface area contributed by atoms with Crippen molar-refractivity contribution < 1.29 is 9.90 Å². The van der Waals surface area contributed by atoms with Crippen LogP contribution in [0.4, 0.5) is 5.69 Å². The van der Waals surface area contributed by atoms with Gasteiger partial charge in [-0.3, -0.25) is 4.79 Å². The fourth-order valence-electron chi connectivity index (χ4n) is 3.97. The summed E-state index contributed by atoms with van der Waals surface area (Å²) in [4.78, 5) is 11.7. The van der Waals surface area contributed by atoms with E-state index in [1.54, 1.807) is 0 Å². The summed E-state index contributed by atoms with van der Waals surface area (Å²) in [6, 6.07) is 15.9. The third-order valence-corrected chi connectivity index (χ3v) is 5.79. The van der Waals surface area contributed by atoms with Gasteiger partial charge in [-0.1, -0.05) is 46.3 Å². The van der Waals surface area contributed by atoms with Crippen LogP contribution in [-0.4, -0.2) is 35.2 Å². The number of rotatable bonds is 7. The third-order valence-electron chi connectivity index (χ3n) is 5.30. The number of anilines is 1. The molecule has 4 N–H and O–H groups in total. The quantitative estimate of drug-likeness (QED) is 0.508. The lowest BCUT2D eigenvalue weighted by Crippen LogP contribution is -2.50. The van der Waals surface area contributed by atoms with Gasteiger partial charge < -0.3 is 21.1 Å². The maximum absolute atomic E-state index is 11.7. The second kappa shape index (κ2) is 9.28. The number of carbonyl (C=O) groups is 1. The monoisotopic (exact) mass is 459 g/mol. The molecule has 1 amide bonds. The summed E-state index contributed by atoms with van der Waals surface area (Å²) in [5.41, 5.74) is 3.33. The lowest BCUT2D eigenvalue weighted by Gasteiger charge is -2.40. The van der Waals surface area contributed by atoms with E-state index in [4.69, 9.17) is 0 Å². The van der Waals surface area contributed by atoms with Crippen molar-refractivity contribution in [1.82, 2.24) is 10.6 Å². The van der Waals surface area contributed by atoms with E-state index < -0.39 is 6.10 Å². The van der Waals surface area contributed by atoms with E-state index in [1.807, 2.05) is 36.4 Å². The summed E-state index contributed by atoms with van der Waals surface area (Å²) in [6.07, 6.45) is 0.781. The van der Waals surface area contributed by atoms with Crippen LogP contribution in [0.5, 0.6) is 0 Å². The number of nitrogens with one attached hydrogen (secondary N) is 3. The van der Waals surface area contributed by atoms with Gasteiger partial charge in [-0.05, 0) is 56.0 Å². The van der Waals surface area contributed by atoms with Gasteiger partial charge in [0.05, 0.1) is 12.1 Å². The van der Waals surface area contributed by atoms with Crippen molar-refractivity contribution in [2.45, 2.75) is 57.3 Å². The number of hydrogen-bond donors (Lipinski definition) is 4. The Bertz CT molecular complexity index is 841. The van der Waals surface area contributed by atoms with Crippen LogP contribution in [0.2, 0.25) is 0 Å². The molecule has 0 fully saturated rings. The number of hydrogen-bond acceptors (Lipinski definition) is 4. The largest absolute Gasteiger partial charge is 0.390 e. The molecule has 1 aliphatic rings. The molecule has 0 saturated heterocycles. The number of fused-ring (bicyclic) bond motifs is 1. The van der Waals surface area contributed by atoms with E-state index in [1.165, 1.54) is 12.5 Å². The van der Waals surface area contributed by atoms with E-state index in [0.717, 1.165) is 22.1 Å². The second-order valence-electron chi connectivity index (χ2n) is 8.47. The van der Waals surface area contributed by atoms with Crippen molar-refractivity contribution in [2.24, 2.45) is 0 Å². The van der Waals surface area contributed by atoms with Gasteiger partial charge >= 0.3 is 0 Å². The highest BCUT2D eigenvalue weighted by Gasteiger charge is 2.32. The van der Waals surface area contributed by atoms with E-state index in [-0.39, 0.29) is 23.5 Å². The average molecular weight is 460 g/mol. The van der Waals surface area contributed by atoms with Gasteiger partial charge in [0, 0.05) is 35.2 Å². The third kappa shape index (κ3) is 6.04. The Labute approximate surface area is 181 Å². The van der Waals surface area contributed by atoms with Crippen molar-refractivity contribution >= 4 is 27.5 Å². The van der Waals surface area contributed by atoms with Crippen LogP contribution < -0.4 is 16.0 Å². The number of halogens is 1.